The number of carbonyl (C=O) groups is 4. The largest absolute Gasteiger partial charge is 0.490 e. The first-order valence-electron chi connectivity index (χ1n) is 12.9. The molecule has 3 N–H and O–H groups in total. The van der Waals surface area contributed by atoms with E-state index in [1.807, 2.05) is 24.3 Å². The van der Waals surface area contributed by atoms with Crippen molar-refractivity contribution in [2.24, 2.45) is 0 Å². The van der Waals surface area contributed by atoms with E-state index >= 15 is 0 Å². The SMILES string of the molecule is CC(C)(C)c1ccc(N2C(=O)N(Cc3ccnc(Nc4cccc(C(=O)O)c4)c3)C(C)(C)C2=O)cc1.O=C(O)C(F)(F)F. The van der Waals surface area contributed by atoms with Crippen molar-refractivity contribution >= 4 is 41.1 Å². The summed E-state index contributed by atoms with van der Waals surface area (Å²) in [6.45, 7) is 10.0. The van der Waals surface area contributed by atoms with E-state index in [9.17, 15) is 32.7 Å². The Balaban J connectivity index is 0.000000646. The lowest BCUT2D eigenvalue weighted by Gasteiger charge is -2.27. The van der Waals surface area contributed by atoms with Crippen LogP contribution in [0.25, 0.3) is 0 Å². The molecule has 0 radical (unpaired) electrons. The van der Waals surface area contributed by atoms with Gasteiger partial charge in [0.1, 0.15) is 11.4 Å². The van der Waals surface area contributed by atoms with Crippen LogP contribution in [0.3, 0.4) is 0 Å². The number of carboxylic acids is 2. The van der Waals surface area contributed by atoms with Crippen LogP contribution in [0.5, 0.6) is 0 Å². The van der Waals surface area contributed by atoms with Gasteiger partial charge in [-0.15, -0.1) is 0 Å². The Labute approximate surface area is 245 Å². The molecule has 43 heavy (non-hydrogen) atoms. The molecule has 0 spiro atoms. The Morgan fingerprint density at radius 3 is 2.09 bits per heavy atom. The highest BCUT2D eigenvalue weighted by atomic mass is 19.4. The van der Waals surface area contributed by atoms with E-state index in [0.717, 1.165) is 11.1 Å². The number of rotatable bonds is 6. The Bertz CT molecular complexity index is 1530. The van der Waals surface area contributed by atoms with Crippen LogP contribution in [0.1, 0.15) is 56.1 Å². The Kier molecular flexibility index (Phi) is 9.18. The minimum absolute atomic E-state index is 0.0368. The molecule has 2 heterocycles. The topological polar surface area (TPSA) is 140 Å². The molecule has 0 aliphatic carbocycles. The van der Waals surface area contributed by atoms with E-state index in [0.29, 0.717) is 17.2 Å². The second-order valence-electron chi connectivity index (χ2n) is 11.2. The molecule has 1 saturated heterocycles. The molecule has 2 aromatic carbocycles. The highest BCUT2D eigenvalue weighted by molar-refractivity contribution is 6.22. The molecule has 0 bridgehead atoms. The molecule has 0 atom stereocenters. The average Bonchev–Trinajstić information content (AvgIpc) is 3.07. The maximum absolute atomic E-state index is 13.4. The van der Waals surface area contributed by atoms with Gasteiger partial charge in [0.25, 0.3) is 5.91 Å². The molecule has 1 aliphatic rings. The fourth-order valence-corrected chi connectivity index (χ4v) is 4.14. The molecule has 3 aromatic rings. The molecule has 1 fully saturated rings. The fourth-order valence-electron chi connectivity index (χ4n) is 4.14. The minimum Gasteiger partial charge on any atom is -0.478 e. The standard InChI is InChI=1S/C28H30N4O4.C2HF3O2/c1-27(2,3)20-9-11-22(12-10-20)32-25(35)28(4,5)31(26(32)36)17-18-13-14-29-23(15-18)30-21-8-6-7-19(16-21)24(33)34;3-2(4,5)1(6)7/h6-16H,17H2,1-5H3,(H,29,30)(H,33,34);(H,6,7). The summed E-state index contributed by atoms with van der Waals surface area (Å²) < 4.78 is 31.7. The molecule has 228 valence electrons. The third-order valence-electron chi connectivity index (χ3n) is 6.60. The first-order valence-corrected chi connectivity index (χ1v) is 12.9. The van der Waals surface area contributed by atoms with Crippen LogP contribution >= 0.6 is 0 Å². The number of hydrogen-bond acceptors (Lipinski definition) is 6. The predicted octanol–water partition coefficient (Wildman–Crippen LogP) is 6.20. The second-order valence-corrected chi connectivity index (χ2v) is 11.2. The summed E-state index contributed by atoms with van der Waals surface area (Å²) in [6.07, 6.45) is -3.48. The number of imide groups is 1. The third kappa shape index (κ3) is 7.67. The van der Waals surface area contributed by atoms with Crippen molar-refractivity contribution in [3.05, 3.63) is 83.6 Å². The van der Waals surface area contributed by atoms with Gasteiger partial charge in [0, 0.05) is 18.4 Å². The van der Waals surface area contributed by atoms with Gasteiger partial charge < -0.3 is 20.4 Å². The number of urea groups is 1. The number of nitrogens with one attached hydrogen (secondary N) is 1. The summed E-state index contributed by atoms with van der Waals surface area (Å²) >= 11 is 0. The van der Waals surface area contributed by atoms with E-state index < -0.39 is 23.7 Å². The first-order chi connectivity index (χ1) is 19.8. The van der Waals surface area contributed by atoms with E-state index in [1.54, 1.807) is 49.2 Å². The fraction of sp³-hybridized carbons (Fsp3) is 0.300. The summed E-state index contributed by atoms with van der Waals surface area (Å²) in [5.74, 6) is -3.56. The van der Waals surface area contributed by atoms with Gasteiger partial charge in [-0.2, -0.15) is 13.2 Å². The van der Waals surface area contributed by atoms with Crippen molar-refractivity contribution in [1.82, 2.24) is 9.88 Å². The molecule has 13 heteroatoms. The number of aromatic carboxylic acids is 1. The van der Waals surface area contributed by atoms with Crippen LogP contribution in [0, 0.1) is 0 Å². The van der Waals surface area contributed by atoms with Gasteiger partial charge >= 0.3 is 24.1 Å². The molecule has 0 saturated carbocycles. The lowest BCUT2D eigenvalue weighted by atomic mass is 9.87. The van der Waals surface area contributed by atoms with Crippen molar-refractivity contribution in [1.29, 1.82) is 0 Å². The minimum atomic E-state index is -5.08. The van der Waals surface area contributed by atoms with Crippen molar-refractivity contribution in [3.63, 3.8) is 0 Å². The van der Waals surface area contributed by atoms with Crippen molar-refractivity contribution in [3.8, 4) is 0 Å². The summed E-state index contributed by atoms with van der Waals surface area (Å²) in [7, 11) is 0. The smallest absolute Gasteiger partial charge is 0.478 e. The van der Waals surface area contributed by atoms with Gasteiger partial charge in [-0.25, -0.2) is 24.3 Å². The van der Waals surface area contributed by atoms with Crippen molar-refractivity contribution in [2.45, 2.75) is 58.3 Å². The number of amides is 3. The van der Waals surface area contributed by atoms with Gasteiger partial charge in [-0.1, -0.05) is 39.0 Å². The number of aliphatic carboxylic acids is 1. The monoisotopic (exact) mass is 600 g/mol. The third-order valence-corrected chi connectivity index (χ3v) is 6.60. The number of benzene rings is 2. The van der Waals surface area contributed by atoms with Gasteiger partial charge in [0.05, 0.1) is 11.3 Å². The van der Waals surface area contributed by atoms with Gasteiger partial charge in [-0.05, 0) is 72.9 Å². The summed E-state index contributed by atoms with van der Waals surface area (Å²) in [6, 6.07) is 17.1. The zero-order valence-electron chi connectivity index (χ0n) is 24.1. The maximum atomic E-state index is 13.4. The van der Waals surface area contributed by atoms with Crippen molar-refractivity contribution in [2.75, 3.05) is 10.2 Å². The number of anilines is 3. The summed E-state index contributed by atoms with van der Waals surface area (Å²) in [5.41, 5.74) is 2.11. The molecule has 4 rings (SSSR count). The molecule has 0 unspecified atom stereocenters. The normalized spacial score (nSPS) is 14.7. The van der Waals surface area contributed by atoms with Crippen molar-refractivity contribution < 1.29 is 42.6 Å². The molecule has 10 nitrogen and oxygen atoms in total. The average molecular weight is 601 g/mol. The zero-order valence-corrected chi connectivity index (χ0v) is 24.1. The van der Waals surface area contributed by atoms with Crippen LogP contribution in [0.15, 0.2) is 66.9 Å². The Hall–Kier alpha value is -4.94. The number of nitrogens with zero attached hydrogens (tertiary/aromatic N) is 3. The van der Waals surface area contributed by atoms with Crippen LogP contribution < -0.4 is 10.2 Å². The molecule has 1 aliphatic heterocycles. The number of hydrogen-bond donors (Lipinski definition) is 3. The van der Waals surface area contributed by atoms with Crippen LogP contribution in [0.4, 0.5) is 35.2 Å². The van der Waals surface area contributed by atoms with Crippen LogP contribution in [-0.4, -0.2) is 55.7 Å². The number of pyridine rings is 1. The number of alkyl halides is 3. The summed E-state index contributed by atoms with van der Waals surface area (Å²) in [4.78, 5) is 54.0. The van der Waals surface area contributed by atoms with E-state index in [4.69, 9.17) is 9.90 Å². The van der Waals surface area contributed by atoms with Gasteiger partial charge in [-0.3, -0.25) is 4.79 Å². The predicted molar refractivity (Wildman–Crippen MR) is 152 cm³/mol. The van der Waals surface area contributed by atoms with E-state index in [1.165, 1.54) is 17.0 Å². The number of aromatic nitrogens is 1. The van der Waals surface area contributed by atoms with Crippen LogP contribution in [0.2, 0.25) is 0 Å². The lowest BCUT2D eigenvalue weighted by Crippen LogP contribution is -2.43. The highest BCUT2D eigenvalue weighted by Gasteiger charge is 2.51. The Morgan fingerprint density at radius 1 is 0.953 bits per heavy atom. The number of carbonyl (C=O) groups excluding carboxylic acids is 2. The summed E-state index contributed by atoms with van der Waals surface area (Å²) in [5, 5.41) is 19.4. The van der Waals surface area contributed by atoms with Crippen LogP contribution in [-0.2, 0) is 21.5 Å². The first kappa shape index (κ1) is 32.6. The molecular formula is C30H31F3N4O6. The Morgan fingerprint density at radius 2 is 1.56 bits per heavy atom. The molecular weight excluding hydrogens is 569 g/mol. The lowest BCUT2D eigenvalue weighted by molar-refractivity contribution is -0.192. The van der Waals surface area contributed by atoms with Gasteiger partial charge in [0.15, 0.2) is 0 Å². The highest BCUT2D eigenvalue weighted by Crippen LogP contribution is 2.34. The van der Waals surface area contributed by atoms with Gasteiger partial charge in [0.2, 0.25) is 0 Å². The molecule has 1 aromatic heterocycles. The van der Waals surface area contributed by atoms with E-state index in [-0.39, 0.29) is 29.5 Å². The maximum Gasteiger partial charge on any atom is 0.490 e. The zero-order chi connectivity index (χ0) is 32.3. The quantitative estimate of drug-likeness (QED) is 0.284. The number of carboxylic acid groups (broad SMARTS) is 2. The number of halogens is 3. The van der Waals surface area contributed by atoms with E-state index in [2.05, 4.69) is 31.1 Å². The molecule has 3 amide bonds. The second kappa shape index (κ2) is 12.1.